The van der Waals surface area contributed by atoms with Gasteiger partial charge < -0.3 is 5.11 Å². The maximum Gasteiger partial charge on any atom is 0.352 e. The van der Waals surface area contributed by atoms with Gasteiger partial charge in [0.05, 0.1) is 0 Å². The monoisotopic (exact) mass is 89.0 g/mol. The first-order valence-electron chi connectivity index (χ1n) is 1.44. The van der Waals surface area contributed by atoms with E-state index in [0.717, 1.165) is 0 Å². The summed E-state index contributed by atoms with van der Waals surface area (Å²) >= 11 is 0. The van der Waals surface area contributed by atoms with E-state index < -0.39 is 12.2 Å². The summed E-state index contributed by atoms with van der Waals surface area (Å²) in [6.45, 7) is 0. The van der Waals surface area contributed by atoms with E-state index in [1.807, 2.05) is 0 Å². The zero-order chi connectivity index (χ0) is 4.57. The minimum atomic E-state index is -0.963. The van der Waals surface area contributed by atoms with Gasteiger partial charge in [-0.3, -0.25) is 4.84 Å². The quantitative estimate of drug-likeness (QED) is 0.401. The van der Waals surface area contributed by atoms with E-state index in [0.29, 0.717) is 0 Å². The van der Waals surface area contributed by atoms with Crippen molar-refractivity contribution in [1.29, 1.82) is 0 Å². The summed E-state index contributed by atoms with van der Waals surface area (Å²) < 4.78 is 0. The van der Waals surface area contributed by atoms with Crippen molar-refractivity contribution in [3.05, 3.63) is 0 Å². The third-order valence-corrected chi connectivity index (χ3v) is 0.460. The van der Waals surface area contributed by atoms with Crippen LogP contribution in [0.4, 0.5) is 0 Å². The van der Waals surface area contributed by atoms with E-state index in [1.165, 1.54) is 0 Å². The van der Waals surface area contributed by atoms with Crippen LogP contribution in [0.3, 0.4) is 0 Å². The molecule has 2 N–H and O–H groups in total. The molecule has 0 aromatic carbocycles. The van der Waals surface area contributed by atoms with Gasteiger partial charge in [0.1, 0.15) is 0 Å². The molecule has 0 aromatic heterocycles. The van der Waals surface area contributed by atoms with Crippen LogP contribution in [0.2, 0.25) is 0 Å². The van der Waals surface area contributed by atoms with E-state index in [9.17, 15) is 4.79 Å². The standard InChI is InChI=1S/C2H3NO3/c4-2(5)1-3-6-1/h1,3H,(H,4,5). The number of carboxylic acids is 1. The number of carbonyl (C=O) groups is 1. The van der Waals surface area contributed by atoms with Gasteiger partial charge >= 0.3 is 5.97 Å². The van der Waals surface area contributed by atoms with Crippen LogP contribution in [-0.2, 0) is 9.63 Å². The van der Waals surface area contributed by atoms with Gasteiger partial charge in [0.2, 0.25) is 6.23 Å². The molecule has 1 unspecified atom stereocenters. The second-order valence-corrected chi connectivity index (χ2v) is 0.954. The molecule has 1 aliphatic rings. The molecule has 1 heterocycles. The van der Waals surface area contributed by atoms with E-state index in [2.05, 4.69) is 10.3 Å². The van der Waals surface area contributed by atoms with Crippen LogP contribution in [0.15, 0.2) is 0 Å². The maximum absolute atomic E-state index is 9.57. The Morgan fingerprint density at radius 2 is 2.50 bits per heavy atom. The summed E-state index contributed by atoms with van der Waals surface area (Å²) in [6, 6.07) is 0. The molecule has 0 amide bonds. The van der Waals surface area contributed by atoms with Crippen LogP contribution in [0, 0.1) is 0 Å². The number of aliphatic carboxylic acids is 1. The zero-order valence-corrected chi connectivity index (χ0v) is 2.84. The average molecular weight is 89.0 g/mol. The molecule has 4 nitrogen and oxygen atoms in total. The lowest BCUT2D eigenvalue weighted by Gasteiger charge is -1.69. The van der Waals surface area contributed by atoms with Gasteiger partial charge in [-0.25, -0.2) is 4.79 Å². The first kappa shape index (κ1) is 3.58. The number of rotatable bonds is 1. The summed E-state index contributed by atoms with van der Waals surface area (Å²) in [5, 5.41) is 7.87. The fourth-order valence-electron chi connectivity index (χ4n) is 0.135. The molecular weight excluding hydrogens is 86.0 g/mol. The number of hydrogen-bond acceptors (Lipinski definition) is 3. The summed E-state index contributed by atoms with van der Waals surface area (Å²) in [6.07, 6.45) is -0.731. The van der Waals surface area contributed by atoms with Gasteiger partial charge in [0.15, 0.2) is 0 Å². The molecule has 1 saturated heterocycles. The summed E-state index contributed by atoms with van der Waals surface area (Å²) in [4.78, 5) is 13.7. The average Bonchev–Trinajstić information content (AvgIpc) is 2.06. The lowest BCUT2D eigenvalue weighted by atomic mass is 10.7. The molecule has 6 heavy (non-hydrogen) atoms. The molecule has 0 aromatic rings. The molecule has 0 saturated carbocycles. The SMILES string of the molecule is O=C(O)C1NO1. The van der Waals surface area contributed by atoms with Crippen molar-refractivity contribution in [2.24, 2.45) is 0 Å². The van der Waals surface area contributed by atoms with Gasteiger partial charge in [-0.1, -0.05) is 0 Å². The van der Waals surface area contributed by atoms with Crippen LogP contribution in [0.25, 0.3) is 0 Å². The van der Waals surface area contributed by atoms with Crippen molar-refractivity contribution in [1.82, 2.24) is 5.48 Å². The molecule has 0 radical (unpaired) electrons. The number of hydroxylamine groups is 1. The first-order chi connectivity index (χ1) is 2.80. The predicted octanol–water partition coefficient (Wildman–Crippen LogP) is -1.07. The number of hydrogen-bond donors (Lipinski definition) is 2. The van der Waals surface area contributed by atoms with Gasteiger partial charge in [-0.05, 0) is 0 Å². The van der Waals surface area contributed by atoms with E-state index >= 15 is 0 Å². The second-order valence-electron chi connectivity index (χ2n) is 0.954. The van der Waals surface area contributed by atoms with Crippen LogP contribution in [-0.4, -0.2) is 17.3 Å². The molecule has 0 aliphatic carbocycles. The molecule has 1 fully saturated rings. The molecule has 1 rings (SSSR count). The summed E-state index contributed by atoms with van der Waals surface area (Å²) in [5.41, 5.74) is 2.13. The van der Waals surface area contributed by atoms with Crippen molar-refractivity contribution in [2.45, 2.75) is 6.23 Å². The normalized spacial score (nSPS) is 29.7. The highest BCUT2D eigenvalue weighted by molar-refractivity contribution is 5.73. The third kappa shape index (κ3) is 0.474. The fourth-order valence-corrected chi connectivity index (χ4v) is 0.135. The third-order valence-electron chi connectivity index (χ3n) is 0.460. The van der Waals surface area contributed by atoms with Crippen molar-refractivity contribution in [3.63, 3.8) is 0 Å². The van der Waals surface area contributed by atoms with Crippen molar-refractivity contribution in [2.75, 3.05) is 0 Å². The Kier molecular flexibility index (Phi) is 0.551. The van der Waals surface area contributed by atoms with Gasteiger partial charge in [-0.2, -0.15) is 5.48 Å². The van der Waals surface area contributed by atoms with Crippen LogP contribution in [0.5, 0.6) is 0 Å². The topological polar surface area (TPSA) is 71.8 Å². The Hall–Kier alpha value is -0.610. The predicted molar refractivity (Wildman–Crippen MR) is 15.6 cm³/mol. The van der Waals surface area contributed by atoms with E-state index in [4.69, 9.17) is 5.11 Å². The second kappa shape index (κ2) is 0.924. The molecule has 4 heteroatoms. The van der Waals surface area contributed by atoms with Gasteiger partial charge in [0.25, 0.3) is 0 Å². The first-order valence-corrected chi connectivity index (χ1v) is 1.44. The Balaban J connectivity index is 2.31. The molecule has 1 atom stereocenters. The smallest absolute Gasteiger partial charge is 0.352 e. The molecule has 34 valence electrons. The number of carboxylic acid groups (broad SMARTS) is 1. The highest BCUT2D eigenvalue weighted by atomic mass is 16.8. The fraction of sp³-hybridized carbons (Fsp3) is 0.500. The van der Waals surface area contributed by atoms with Gasteiger partial charge in [0, 0.05) is 0 Å². The lowest BCUT2D eigenvalue weighted by molar-refractivity contribution is -0.138. The zero-order valence-electron chi connectivity index (χ0n) is 2.84. The van der Waals surface area contributed by atoms with E-state index in [-0.39, 0.29) is 0 Å². The maximum atomic E-state index is 9.57. The van der Waals surface area contributed by atoms with Crippen molar-refractivity contribution in [3.8, 4) is 0 Å². The van der Waals surface area contributed by atoms with Crippen LogP contribution in [0.1, 0.15) is 0 Å². The minimum absolute atomic E-state index is 0.731. The molecule has 1 aliphatic heterocycles. The highest BCUT2D eigenvalue weighted by Gasteiger charge is 2.30. The Morgan fingerprint density at radius 1 is 2.00 bits per heavy atom. The summed E-state index contributed by atoms with van der Waals surface area (Å²) in [5.74, 6) is -0.963. The minimum Gasteiger partial charge on any atom is -0.478 e. The molecule has 0 spiro atoms. The van der Waals surface area contributed by atoms with Crippen molar-refractivity contribution >= 4 is 5.97 Å². The van der Waals surface area contributed by atoms with Crippen LogP contribution < -0.4 is 5.48 Å². The molecule has 0 bridgehead atoms. The van der Waals surface area contributed by atoms with Gasteiger partial charge in [-0.15, -0.1) is 0 Å². The van der Waals surface area contributed by atoms with Crippen LogP contribution >= 0.6 is 0 Å². The van der Waals surface area contributed by atoms with Crippen molar-refractivity contribution < 1.29 is 14.7 Å². The highest BCUT2D eigenvalue weighted by Crippen LogP contribution is 1.96. The largest absolute Gasteiger partial charge is 0.478 e. The Morgan fingerprint density at radius 3 is 2.50 bits per heavy atom. The summed E-state index contributed by atoms with van der Waals surface area (Å²) in [7, 11) is 0. The Bertz CT molecular complexity index is 76.9. The van der Waals surface area contributed by atoms with E-state index in [1.54, 1.807) is 0 Å². The Labute approximate surface area is 33.7 Å². The number of nitrogens with one attached hydrogen (secondary N) is 1. The lowest BCUT2D eigenvalue weighted by Crippen LogP contribution is -2.05. The molecular formula is C2H3NO3.